The molecule has 1 rings (SSSR count). The number of hydrogen-bond acceptors (Lipinski definition) is 2. The van der Waals surface area contributed by atoms with Crippen LogP contribution in [0, 0.1) is 5.41 Å². The average molecular weight is 263 g/mol. The summed E-state index contributed by atoms with van der Waals surface area (Å²) in [5, 5.41) is 3.46. The first-order chi connectivity index (χ1) is 8.94. The summed E-state index contributed by atoms with van der Waals surface area (Å²) in [5.41, 5.74) is 1.52. The highest BCUT2D eigenvalue weighted by molar-refractivity contribution is 5.28. The normalized spacial score (nSPS) is 11.9. The fourth-order valence-corrected chi connectivity index (χ4v) is 1.88. The molecule has 0 radical (unpaired) electrons. The maximum Gasteiger partial charge on any atom is 0.119 e. The molecule has 2 nitrogen and oxygen atoms in total. The van der Waals surface area contributed by atoms with Gasteiger partial charge in [0.15, 0.2) is 0 Å². The summed E-state index contributed by atoms with van der Waals surface area (Å²) in [5.74, 6) is 1.54. The van der Waals surface area contributed by atoms with Crippen molar-refractivity contribution < 1.29 is 4.74 Å². The van der Waals surface area contributed by atoms with Crippen LogP contribution in [0.25, 0.3) is 0 Å². The molecule has 1 N–H and O–H groups in total. The summed E-state index contributed by atoms with van der Waals surface area (Å²) in [6.45, 7) is 13.9. The lowest BCUT2D eigenvalue weighted by atomic mass is 9.95. The fourth-order valence-electron chi connectivity index (χ4n) is 1.88. The minimum absolute atomic E-state index is 0.159. The first-order valence-electron chi connectivity index (χ1n) is 7.38. The van der Waals surface area contributed by atoms with E-state index in [4.69, 9.17) is 4.74 Å². The second-order valence-electron chi connectivity index (χ2n) is 6.35. The summed E-state index contributed by atoms with van der Waals surface area (Å²) in [7, 11) is 0. The zero-order valence-electron chi connectivity index (χ0n) is 13.1. The molecule has 0 bridgehead atoms. The highest BCUT2D eigenvalue weighted by Crippen LogP contribution is 2.21. The van der Waals surface area contributed by atoms with Gasteiger partial charge in [0.1, 0.15) is 5.75 Å². The third-order valence-electron chi connectivity index (χ3n) is 3.21. The van der Waals surface area contributed by atoms with Gasteiger partial charge in [-0.3, -0.25) is 0 Å². The molecule has 108 valence electrons. The van der Waals surface area contributed by atoms with E-state index >= 15 is 0 Å². The van der Waals surface area contributed by atoms with Crippen molar-refractivity contribution in [3.8, 4) is 5.75 Å². The van der Waals surface area contributed by atoms with Gasteiger partial charge in [-0.15, -0.1) is 0 Å². The molecule has 0 aliphatic carbocycles. The monoisotopic (exact) mass is 263 g/mol. The second kappa shape index (κ2) is 7.54. The van der Waals surface area contributed by atoms with E-state index in [1.54, 1.807) is 0 Å². The van der Waals surface area contributed by atoms with Crippen molar-refractivity contribution >= 4 is 0 Å². The molecule has 0 saturated heterocycles. The summed E-state index contributed by atoms with van der Waals surface area (Å²) in [4.78, 5) is 0. The quantitative estimate of drug-likeness (QED) is 0.709. The predicted molar refractivity (Wildman–Crippen MR) is 83.0 cm³/mol. The third kappa shape index (κ3) is 6.11. The highest BCUT2D eigenvalue weighted by Gasteiger charge is 2.18. The van der Waals surface area contributed by atoms with E-state index in [0.717, 1.165) is 25.4 Å². The number of hydrogen-bond donors (Lipinski definition) is 1. The van der Waals surface area contributed by atoms with Gasteiger partial charge >= 0.3 is 0 Å². The first kappa shape index (κ1) is 16.0. The van der Waals surface area contributed by atoms with Crippen molar-refractivity contribution in [2.24, 2.45) is 5.41 Å². The van der Waals surface area contributed by atoms with E-state index in [-0.39, 0.29) is 5.41 Å². The number of ether oxygens (including phenoxy) is 1. The van der Waals surface area contributed by atoms with Crippen LogP contribution < -0.4 is 10.1 Å². The van der Waals surface area contributed by atoms with Crippen LogP contribution in [0.2, 0.25) is 0 Å². The van der Waals surface area contributed by atoms with Crippen molar-refractivity contribution in [1.29, 1.82) is 0 Å². The maximum atomic E-state index is 5.90. The Hall–Kier alpha value is -1.02. The molecule has 0 aliphatic heterocycles. The lowest BCUT2D eigenvalue weighted by Crippen LogP contribution is -2.34. The van der Waals surface area contributed by atoms with E-state index in [1.807, 2.05) is 0 Å². The second-order valence-corrected chi connectivity index (χ2v) is 6.35. The number of benzene rings is 1. The molecule has 1 aromatic rings. The summed E-state index contributed by atoms with van der Waals surface area (Å²) >= 11 is 0. The Morgan fingerprint density at radius 3 is 2.32 bits per heavy atom. The Morgan fingerprint density at radius 1 is 1.16 bits per heavy atom. The van der Waals surface area contributed by atoms with E-state index in [9.17, 15) is 0 Å². The van der Waals surface area contributed by atoms with Gasteiger partial charge in [0, 0.05) is 12.0 Å². The minimum Gasteiger partial charge on any atom is -0.493 e. The van der Waals surface area contributed by atoms with E-state index < -0.39 is 0 Å². The molecule has 0 aliphatic rings. The topological polar surface area (TPSA) is 21.3 Å². The van der Waals surface area contributed by atoms with Crippen LogP contribution in [0.5, 0.6) is 5.75 Å². The molecule has 1 aromatic carbocycles. The maximum absolute atomic E-state index is 5.90. The molecule has 0 heterocycles. The van der Waals surface area contributed by atoms with Crippen molar-refractivity contribution in [3.63, 3.8) is 0 Å². The van der Waals surface area contributed by atoms with Crippen LogP contribution in [0.3, 0.4) is 0 Å². The number of nitrogens with one attached hydrogen (secondary N) is 1. The Balaban J connectivity index is 2.42. The lowest BCUT2D eigenvalue weighted by Gasteiger charge is -2.25. The van der Waals surface area contributed by atoms with Crippen molar-refractivity contribution in [2.45, 2.75) is 47.0 Å². The molecule has 0 fully saturated rings. The zero-order chi connectivity index (χ0) is 14.3. The van der Waals surface area contributed by atoms with Gasteiger partial charge in [0.2, 0.25) is 0 Å². The SMILES string of the molecule is CCCNCC(C)(C)COc1ccc(C(C)C)cc1. The van der Waals surface area contributed by atoms with Crippen molar-refractivity contribution in [3.05, 3.63) is 29.8 Å². The highest BCUT2D eigenvalue weighted by atomic mass is 16.5. The van der Waals surface area contributed by atoms with Crippen LogP contribution in [0.1, 0.15) is 52.5 Å². The average Bonchev–Trinajstić information content (AvgIpc) is 2.37. The molecule has 0 amide bonds. The molecule has 0 atom stereocenters. The Kier molecular flexibility index (Phi) is 6.36. The molecule has 19 heavy (non-hydrogen) atoms. The smallest absolute Gasteiger partial charge is 0.119 e. The Bertz CT molecular complexity index is 354. The van der Waals surface area contributed by atoms with E-state index in [0.29, 0.717) is 5.92 Å². The van der Waals surface area contributed by atoms with Gasteiger partial charge in [0.25, 0.3) is 0 Å². The molecular formula is C17H29NO. The first-order valence-corrected chi connectivity index (χ1v) is 7.38. The Labute approximate surface area is 118 Å². The van der Waals surface area contributed by atoms with Gasteiger partial charge in [0.05, 0.1) is 6.61 Å². The molecular weight excluding hydrogens is 234 g/mol. The molecule has 0 spiro atoms. The van der Waals surface area contributed by atoms with E-state index in [1.165, 1.54) is 12.0 Å². The van der Waals surface area contributed by atoms with Gasteiger partial charge in [-0.05, 0) is 36.6 Å². The molecule has 2 heteroatoms. The van der Waals surface area contributed by atoms with Crippen LogP contribution in [-0.2, 0) is 0 Å². The Morgan fingerprint density at radius 2 is 1.79 bits per heavy atom. The van der Waals surface area contributed by atoms with Gasteiger partial charge in [-0.2, -0.15) is 0 Å². The molecule has 0 saturated carbocycles. The van der Waals surface area contributed by atoms with Gasteiger partial charge in [-0.25, -0.2) is 0 Å². The van der Waals surface area contributed by atoms with Crippen LogP contribution in [-0.4, -0.2) is 19.7 Å². The summed E-state index contributed by atoms with van der Waals surface area (Å²) in [6, 6.07) is 8.46. The summed E-state index contributed by atoms with van der Waals surface area (Å²) in [6.07, 6.45) is 1.17. The summed E-state index contributed by atoms with van der Waals surface area (Å²) < 4.78 is 5.90. The largest absolute Gasteiger partial charge is 0.493 e. The molecule has 0 aromatic heterocycles. The van der Waals surface area contributed by atoms with Crippen LogP contribution in [0.15, 0.2) is 24.3 Å². The van der Waals surface area contributed by atoms with Crippen molar-refractivity contribution in [2.75, 3.05) is 19.7 Å². The lowest BCUT2D eigenvalue weighted by molar-refractivity contribution is 0.176. The zero-order valence-corrected chi connectivity index (χ0v) is 13.1. The van der Waals surface area contributed by atoms with Gasteiger partial charge in [-0.1, -0.05) is 46.8 Å². The van der Waals surface area contributed by atoms with Crippen LogP contribution in [0.4, 0.5) is 0 Å². The van der Waals surface area contributed by atoms with Gasteiger partial charge < -0.3 is 10.1 Å². The van der Waals surface area contributed by atoms with Crippen molar-refractivity contribution in [1.82, 2.24) is 5.32 Å². The minimum atomic E-state index is 0.159. The standard InChI is InChI=1S/C17H29NO/c1-6-11-18-12-17(4,5)13-19-16-9-7-15(8-10-16)14(2)3/h7-10,14,18H,6,11-13H2,1-5H3. The third-order valence-corrected chi connectivity index (χ3v) is 3.21. The fraction of sp³-hybridized carbons (Fsp3) is 0.647. The van der Waals surface area contributed by atoms with E-state index in [2.05, 4.69) is 64.2 Å². The predicted octanol–water partition coefficient (Wildman–Crippen LogP) is 4.21. The number of rotatable bonds is 8. The van der Waals surface area contributed by atoms with Crippen LogP contribution >= 0.6 is 0 Å². The molecule has 0 unspecified atom stereocenters.